The molecule has 0 amide bonds. The smallest absolute Gasteiger partial charge is 0.232 e. The highest BCUT2D eigenvalue weighted by Crippen LogP contribution is 2.34. The molecule has 0 unspecified atom stereocenters. The van der Waals surface area contributed by atoms with Crippen molar-refractivity contribution in [1.29, 1.82) is 0 Å². The lowest BCUT2D eigenvalue weighted by atomic mass is 10.2. The van der Waals surface area contributed by atoms with Crippen molar-refractivity contribution in [2.45, 2.75) is 13.5 Å². The third kappa shape index (κ3) is 2.31. The van der Waals surface area contributed by atoms with Crippen LogP contribution in [0.5, 0.6) is 11.6 Å². The first-order valence-electron chi connectivity index (χ1n) is 6.07. The van der Waals surface area contributed by atoms with Crippen LogP contribution in [0.4, 0.5) is 5.95 Å². The van der Waals surface area contributed by atoms with Crippen LogP contribution in [-0.2, 0) is 6.61 Å². The molecule has 3 aromatic rings. The Hall–Kier alpha value is -2.18. The van der Waals surface area contributed by atoms with Gasteiger partial charge in [0.15, 0.2) is 0 Å². The van der Waals surface area contributed by atoms with Gasteiger partial charge in [-0.2, -0.15) is 4.98 Å². The molecule has 0 aliphatic rings. The molecule has 0 saturated carbocycles. The lowest BCUT2D eigenvalue weighted by Crippen LogP contribution is -1.98. The Bertz CT molecular complexity index is 770. The summed E-state index contributed by atoms with van der Waals surface area (Å²) in [6.45, 7) is 1.90. The molecule has 0 spiro atoms. The number of aryl methyl sites for hydroxylation is 1. The maximum atomic E-state index is 9.33. The van der Waals surface area contributed by atoms with Crippen molar-refractivity contribution in [2.75, 3.05) is 5.73 Å². The topological polar surface area (TPSA) is 81.3 Å². The van der Waals surface area contributed by atoms with E-state index in [4.69, 9.17) is 10.5 Å². The Morgan fingerprint density at radius 1 is 1.30 bits per heavy atom. The molecule has 3 rings (SSSR count). The highest BCUT2D eigenvalue weighted by Gasteiger charge is 2.12. The number of nitrogen functional groups attached to an aromatic ring is 1. The van der Waals surface area contributed by atoms with Gasteiger partial charge in [0.1, 0.15) is 10.6 Å². The van der Waals surface area contributed by atoms with Crippen LogP contribution in [0.1, 0.15) is 10.4 Å². The molecule has 0 bridgehead atoms. The summed E-state index contributed by atoms with van der Waals surface area (Å²) in [7, 11) is 0. The molecular weight excluding hydrogens is 274 g/mol. The summed E-state index contributed by atoms with van der Waals surface area (Å²) < 4.78 is 5.82. The number of rotatable bonds is 3. The first-order valence-corrected chi connectivity index (χ1v) is 6.89. The maximum Gasteiger partial charge on any atom is 0.232 e. The predicted molar refractivity (Wildman–Crippen MR) is 79.0 cm³/mol. The predicted octanol–water partition coefficient (Wildman–Crippen LogP) is 2.87. The molecule has 3 N–H and O–H groups in total. The number of nitrogens with two attached hydrogens (primary N) is 1. The lowest BCUT2D eigenvalue weighted by molar-refractivity contribution is 0.276. The number of aliphatic hydroxyl groups is 1. The zero-order chi connectivity index (χ0) is 14.1. The summed E-state index contributed by atoms with van der Waals surface area (Å²) in [6.07, 6.45) is 0. The van der Waals surface area contributed by atoms with Gasteiger partial charge in [0.2, 0.25) is 11.8 Å². The lowest BCUT2D eigenvalue weighted by Gasteiger charge is -2.09. The van der Waals surface area contributed by atoms with E-state index < -0.39 is 0 Å². The van der Waals surface area contributed by atoms with Crippen LogP contribution in [0.25, 0.3) is 10.2 Å². The molecule has 0 aliphatic heterocycles. The second-order valence-corrected chi connectivity index (χ2v) is 5.57. The monoisotopic (exact) mass is 287 g/mol. The van der Waals surface area contributed by atoms with Crippen LogP contribution in [0.3, 0.4) is 0 Å². The summed E-state index contributed by atoms with van der Waals surface area (Å²) in [5.74, 6) is 1.16. The third-order valence-corrected chi connectivity index (χ3v) is 3.79. The van der Waals surface area contributed by atoms with E-state index >= 15 is 0 Å². The van der Waals surface area contributed by atoms with E-state index in [0.29, 0.717) is 17.2 Å². The zero-order valence-electron chi connectivity index (χ0n) is 10.8. The van der Waals surface area contributed by atoms with Crippen LogP contribution in [-0.4, -0.2) is 15.1 Å². The minimum absolute atomic E-state index is 0.0947. The van der Waals surface area contributed by atoms with Gasteiger partial charge in [0.05, 0.1) is 12.0 Å². The van der Waals surface area contributed by atoms with E-state index in [1.807, 2.05) is 25.1 Å². The molecule has 1 aromatic carbocycles. The molecule has 0 aliphatic carbocycles. The van der Waals surface area contributed by atoms with Gasteiger partial charge in [-0.1, -0.05) is 18.2 Å². The van der Waals surface area contributed by atoms with E-state index in [9.17, 15) is 5.11 Å². The number of thiophene rings is 1. The Balaban J connectivity index is 2.10. The van der Waals surface area contributed by atoms with E-state index in [2.05, 4.69) is 9.97 Å². The molecule has 5 nitrogen and oxygen atoms in total. The van der Waals surface area contributed by atoms with E-state index in [1.54, 1.807) is 23.5 Å². The molecule has 0 saturated heterocycles. The number of fused-ring (bicyclic) bond motifs is 1. The van der Waals surface area contributed by atoms with Crippen molar-refractivity contribution in [3.05, 3.63) is 40.8 Å². The van der Waals surface area contributed by atoms with Gasteiger partial charge in [-0.05, 0) is 19.1 Å². The minimum atomic E-state index is -0.0947. The van der Waals surface area contributed by atoms with E-state index in [-0.39, 0.29) is 12.6 Å². The normalized spacial score (nSPS) is 10.9. The van der Waals surface area contributed by atoms with E-state index in [1.165, 1.54) is 0 Å². The fourth-order valence-electron chi connectivity index (χ4n) is 1.95. The summed E-state index contributed by atoms with van der Waals surface area (Å²) in [5.41, 5.74) is 6.41. The SMILES string of the molecule is Cc1cc2c(Oc3ccccc3CO)nc(N)nc2s1. The maximum absolute atomic E-state index is 9.33. The van der Waals surface area contributed by atoms with Gasteiger partial charge in [-0.15, -0.1) is 11.3 Å². The van der Waals surface area contributed by atoms with Crippen molar-refractivity contribution in [1.82, 2.24) is 9.97 Å². The first kappa shape index (κ1) is 12.8. The quantitative estimate of drug-likeness (QED) is 0.774. The third-order valence-electron chi connectivity index (χ3n) is 2.85. The fourth-order valence-corrected chi connectivity index (χ4v) is 2.82. The molecule has 102 valence electrons. The zero-order valence-corrected chi connectivity index (χ0v) is 11.6. The van der Waals surface area contributed by atoms with Gasteiger partial charge in [0.25, 0.3) is 0 Å². The number of hydrogen-bond acceptors (Lipinski definition) is 6. The van der Waals surface area contributed by atoms with Crippen molar-refractivity contribution >= 4 is 27.5 Å². The van der Waals surface area contributed by atoms with Gasteiger partial charge in [0, 0.05) is 10.4 Å². The molecule has 20 heavy (non-hydrogen) atoms. The molecule has 2 aromatic heterocycles. The molecular formula is C14H13N3O2S. The number of aromatic nitrogens is 2. The van der Waals surface area contributed by atoms with Gasteiger partial charge < -0.3 is 15.6 Å². The highest BCUT2D eigenvalue weighted by atomic mass is 32.1. The average Bonchev–Trinajstić information content (AvgIpc) is 2.79. The second kappa shape index (κ2) is 5.07. The van der Waals surface area contributed by atoms with Crippen molar-refractivity contribution in [3.8, 4) is 11.6 Å². The molecule has 6 heteroatoms. The van der Waals surface area contributed by atoms with Crippen molar-refractivity contribution in [3.63, 3.8) is 0 Å². The summed E-state index contributed by atoms with van der Waals surface area (Å²) in [6, 6.07) is 9.24. The van der Waals surface area contributed by atoms with Crippen LogP contribution in [0, 0.1) is 6.92 Å². The van der Waals surface area contributed by atoms with Gasteiger partial charge >= 0.3 is 0 Å². The van der Waals surface area contributed by atoms with Crippen LogP contribution in [0.15, 0.2) is 30.3 Å². The Morgan fingerprint density at radius 3 is 2.90 bits per heavy atom. The Kier molecular flexibility index (Phi) is 3.25. The highest BCUT2D eigenvalue weighted by molar-refractivity contribution is 7.18. The summed E-state index contributed by atoms with van der Waals surface area (Å²) >= 11 is 1.54. The average molecular weight is 287 g/mol. The number of ether oxygens (including phenoxy) is 1. The molecule has 0 fully saturated rings. The van der Waals surface area contributed by atoms with Crippen LogP contribution >= 0.6 is 11.3 Å². The molecule has 0 atom stereocenters. The summed E-state index contributed by atoms with van der Waals surface area (Å²) in [4.78, 5) is 10.3. The minimum Gasteiger partial charge on any atom is -0.438 e. The van der Waals surface area contributed by atoms with Crippen LogP contribution in [0.2, 0.25) is 0 Å². The van der Waals surface area contributed by atoms with Crippen molar-refractivity contribution in [2.24, 2.45) is 0 Å². The Morgan fingerprint density at radius 2 is 2.10 bits per heavy atom. The van der Waals surface area contributed by atoms with Crippen molar-refractivity contribution < 1.29 is 9.84 Å². The standard InChI is InChI=1S/C14H13N3O2S/c1-8-6-10-12(16-14(15)17-13(10)20-8)19-11-5-3-2-4-9(11)7-18/h2-6,18H,7H2,1H3,(H2,15,16,17). The van der Waals surface area contributed by atoms with E-state index in [0.717, 1.165) is 15.1 Å². The number of para-hydroxylation sites is 1. The Labute approximate surface area is 119 Å². The van der Waals surface area contributed by atoms with Gasteiger partial charge in [-0.3, -0.25) is 0 Å². The number of nitrogens with zero attached hydrogens (tertiary/aromatic N) is 2. The van der Waals surface area contributed by atoms with Crippen LogP contribution < -0.4 is 10.5 Å². The first-order chi connectivity index (χ1) is 9.67. The summed E-state index contributed by atoms with van der Waals surface area (Å²) in [5, 5.41) is 10.2. The molecule has 2 heterocycles. The fraction of sp³-hybridized carbons (Fsp3) is 0.143. The number of anilines is 1. The number of hydrogen-bond donors (Lipinski definition) is 2. The largest absolute Gasteiger partial charge is 0.438 e. The number of benzene rings is 1. The van der Waals surface area contributed by atoms with Gasteiger partial charge in [-0.25, -0.2) is 4.98 Å². The molecule has 0 radical (unpaired) electrons. The second-order valence-electron chi connectivity index (χ2n) is 4.33. The number of aliphatic hydroxyl groups excluding tert-OH is 1.